The molecule has 7 heteroatoms. The molecule has 150 valence electrons. The summed E-state index contributed by atoms with van der Waals surface area (Å²) in [4.78, 5) is 10.8. The van der Waals surface area contributed by atoms with E-state index in [1.54, 1.807) is 6.07 Å². The largest absolute Gasteiger partial charge is 0.379 e. The smallest absolute Gasteiger partial charge is 0.227 e. The van der Waals surface area contributed by atoms with E-state index in [2.05, 4.69) is 32.3 Å². The van der Waals surface area contributed by atoms with Crippen LogP contribution in [0.2, 0.25) is 5.02 Å². The second-order valence-corrected chi connectivity index (χ2v) is 7.37. The van der Waals surface area contributed by atoms with Gasteiger partial charge in [0.05, 0.1) is 25.1 Å². The van der Waals surface area contributed by atoms with E-state index >= 15 is 0 Å². The summed E-state index contributed by atoms with van der Waals surface area (Å²) in [5.74, 6) is -0.0919. The second kappa shape index (κ2) is 9.31. The summed E-state index contributed by atoms with van der Waals surface area (Å²) in [6.07, 6.45) is 1.50. The van der Waals surface area contributed by atoms with E-state index in [0.29, 0.717) is 23.1 Å². The molecule has 2 aromatic carbocycles. The Morgan fingerprint density at radius 1 is 1.07 bits per heavy atom. The summed E-state index contributed by atoms with van der Waals surface area (Å²) in [6.45, 7) is 4.39. The third-order valence-electron chi connectivity index (χ3n) is 4.85. The lowest BCUT2D eigenvalue weighted by atomic mass is 10.1. The SMILES string of the molecule is Fc1cnc(Nc2ccc(CN3CCOCC3)cc2)nc1Cc1ccccc1Cl. The lowest BCUT2D eigenvalue weighted by molar-refractivity contribution is 0.0342. The van der Waals surface area contributed by atoms with Gasteiger partial charge in [-0.1, -0.05) is 41.9 Å². The average molecular weight is 413 g/mol. The standard InChI is InChI=1S/C22H22ClFN4O/c23-19-4-2-1-3-17(19)13-21-20(24)14-25-22(27-21)26-18-7-5-16(6-8-18)15-28-9-11-29-12-10-28/h1-8,14H,9-13,15H2,(H,25,26,27). The monoisotopic (exact) mass is 412 g/mol. The van der Waals surface area contributed by atoms with Crippen molar-refractivity contribution in [2.24, 2.45) is 0 Å². The molecule has 1 aliphatic rings. The van der Waals surface area contributed by atoms with Crippen molar-refractivity contribution >= 4 is 23.2 Å². The van der Waals surface area contributed by atoms with Crippen LogP contribution < -0.4 is 5.32 Å². The zero-order valence-corrected chi connectivity index (χ0v) is 16.7. The Morgan fingerprint density at radius 2 is 1.83 bits per heavy atom. The van der Waals surface area contributed by atoms with Crippen LogP contribution >= 0.6 is 11.6 Å². The maximum atomic E-state index is 14.2. The second-order valence-electron chi connectivity index (χ2n) is 6.97. The minimum Gasteiger partial charge on any atom is -0.379 e. The number of hydrogen-bond donors (Lipinski definition) is 1. The molecule has 0 bridgehead atoms. The normalized spacial score (nSPS) is 14.7. The summed E-state index contributed by atoms with van der Waals surface area (Å²) in [5.41, 5.74) is 3.22. The lowest BCUT2D eigenvalue weighted by Crippen LogP contribution is -2.35. The van der Waals surface area contributed by atoms with E-state index in [4.69, 9.17) is 16.3 Å². The molecule has 1 fully saturated rings. The molecule has 1 aromatic heterocycles. The fourth-order valence-corrected chi connectivity index (χ4v) is 3.45. The first kappa shape index (κ1) is 19.8. The van der Waals surface area contributed by atoms with E-state index < -0.39 is 5.82 Å². The quantitative estimate of drug-likeness (QED) is 0.648. The van der Waals surface area contributed by atoms with Crippen molar-refractivity contribution < 1.29 is 9.13 Å². The van der Waals surface area contributed by atoms with Gasteiger partial charge in [0.2, 0.25) is 5.95 Å². The molecule has 3 aromatic rings. The zero-order chi connectivity index (χ0) is 20.1. The van der Waals surface area contributed by atoms with Gasteiger partial charge in [0.15, 0.2) is 5.82 Å². The van der Waals surface area contributed by atoms with Crippen LogP contribution in [0.4, 0.5) is 16.0 Å². The fourth-order valence-electron chi connectivity index (χ4n) is 3.25. The number of hydrogen-bond acceptors (Lipinski definition) is 5. The van der Waals surface area contributed by atoms with Crippen molar-refractivity contribution in [1.82, 2.24) is 14.9 Å². The molecule has 5 nitrogen and oxygen atoms in total. The number of halogens is 2. The molecule has 29 heavy (non-hydrogen) atoms. The van der Waals surface area contributed by atoms with E-state index in [-0.39, 0.29) is 0 Å². The maximum absolute atomic E-state index is 14.2. The van der Waals surface area contributed by atoms with Crippen molar-refractivity contribution in [3.8, 4) is 0 Å². The van der Waals surface area contributed by atoms with Crippen molar-refractivity contribution in [1.29, 1.82) is 0 Å². The molecule has 0 spiro atoms. The van der Waals surface area contributed by atoms with E-state index in [9.17, 15) is 4.39 Å². The molecule has 4 rings (SSSR count). The van der Waals surface area contributed by atoms with Crippen molar-refractivity contribution in [3.63, 3.8) is 0 Å². The van der Waals surface area contributed by atoms with Crippen LogP contribution in [-0.4, -0.2) is 41.2 Å². The number of nitrogens with zero attached hydrogens (tertiary/aromatic N) is 3. The number of ether oxygens (including phenoxy) is 1. The van der Waals surface area contributed by atoms with Gasteiger partial charge in [0, 0.05) is 36.8 Å². The number of morpholine rings is 1. The van der Waals surface area contributed by atoms with E-state index in [1.165, 1.54) is 11.8 Å². The molecular weight excluding hydrogens is 391 g/mol. The molecule has 0 unspecified atom stereocenters. The predicted octanol–water partition coefficient (Wildman–Crippen LogP) is 4.44. The Balaban J connectivity index is 1.43. The summed E-state index contributed by atoms with van der Waals surface area (Å²) in [6, 6.07) is 15.5. The van der Waals surface area contributed by atoms with Crippen LogP contribution in [0.25, 0.3) is 0 Å². The van der Waals surface area contributed by atoms with Gasteiger partial charge in [-0.2, -0.15) is 0 Å². The highest BCUT2D eigenvalue weighted by Crippen LogP contribution is 2.21. The minimum absolute atomic E-state index is 0.305. The van der Waals surface area contributed by atoms with Gasteiger partial charge in [-0.15, -0.1) is 0 Å². The first-order valence-electron chi connectivity index (χ1n) is 9.58. The van der Waals surface area contributed by atoms with Crippen molar-refractivity contribution in [3.05, 3.63) is 82.4 Å². The Bertz CT molecular complexity index is 961. The Hall–Kier alpha value is -2.54. The van der Waals surface area contributed by atoms with Crippen LogP contribution in [0.3, 0.4) is 0 Å². The Morgan fingerprint density at radius 3 is 2.59 bits per heavy atom. The maximum Gasteiger partial charge on any atom is 0.227 e. The first-order chi connectivity index (χ1) is 14.2. The van der Waals surface area contributed by atoms with Gasteiger partial charge in [-0.05, 0) is 29.3 Å². The van der Waals surface area contributed by atoms with Gasteiger partial charge < -0.3 is 10.1 Å². The van der Waals surface area contributed by atoms with Crippen LogP contribution in [0, 0.1) is 5.82 Å². The van der Waals surface area contributed by atoms with E-state index in [1.807, 2.05) is 30.3 Å². The van der Waals surface area contributed by atoms with Crippen LogP contribution in [0.5, 0.6) is 0 Å². The molecule has 0 radical (unpaired) electrons. The number of benzene rings is 2. The highest BCUT2D eigenvalue weighted by atomic mass is 35.5. The molecule has 1 N–H and O–H groups in total. The zero-order valence-electron chi connectivity index (χ0n) is 15.9. The predicted molar refractivity (Wildman–Crippen MR) is 112 cm³/mol. The first-order valence-corrected chi connectivity index (χ1v) is 9.96. The van der Waals surface area contributed by atoms with E-state index in [0.717, 1.165) is 44.1 Å². The van der Waals surface area contributed by atoms with Crippen LogP contribution in [0.1, 0.15) is 16.8 Å². The van der Waals surface area contributed by atoms with Gasteiger partial charge in [0.25, 0.3) is 0 Å². The topological polar surface area (TPSA) is 50.3 Å². The third kappa shape index (κ3) is 5.29. The molecule has 0 aliphatic carbocycles. The van der Waals surface area contributed by atoms with Gasteiger partial charge in [-0.25, -0.2) is 14.4 Å². The Kier molecular flexibility index (Phi) is 6.34. The molecular formula is C22H22ClFN4O. The highest BCUT2D eigenvalue weighted by molar-refractivity contribution is 6.31. The van der Waals surface area contributed by atoms with Gasteiger partial charge in [-0.3, -0.25) is 4.90 Å². The van der Waals surface area contributed by atoms with Gasteiger partial charge in [0.1, 0.15) is 0 Å². The fraction of sp³-hybridized carbons (Fsp3) is 0.273. The molecule has 1 aliphatic heterocycles. The summed E-state index contributed by atoms with van der Waals surface area (Å²) in [7, 11) is 0. The molecule has 0 saturated carbocycles. The average Bonchev–Trinajstić information content (AvgIpc) is 2.74. The van der Waals surface area contributed by atoms with Crippen molar-refractivity contribution in [2.45, 2.75) is 13.0 Å². The van der Waals surface area contributed by atoms with Gasteiger partial charge >= 0.3 is 0 Å². The summed E-state index contributed by atoms with van der Waals surface area (Å²) >= 11 is 6.19. The number of anilines is 2. The third-order valence-corrected chi connectivity index (χ3v) is 5.22. The summed E-state index contributed by atoms with van der Waals surface area (Å²) in [5, 5.41) is 3.74. The molecule has 1 saturated heterocycles. The minimum atomic E-state index is -0.448. The summed E-state index contributed by atoms with van der Waals surface area (Å²) < 4.78 is 19.6. The Labute approximate surface area is 174 Å². The van der Waals surface area contributed by atoms with Crippen LogP contribution in [0.15, 0.2) is 54.7 Å². The number of rotatable bonds is 6. The molecule has 2 heterocycles. The lowest BCUT2D eigenvalue weighted by Gasteiger charge is -2.26. The van der Waals surface area contributed by atoms with Crippen molar-refractivity contribution in [2.75, 3.05) is 31.6 Å². The highest BCUT2D eigenvalue weighted by Gasteiger charge is 2.12. The number of nitrogens with one attached hydrogen (secondary N) is 1. The van der Waals surface area contributed by atoms with Crippen LogP contribution in [-0.2, 0) is 17.7 Å². The molecule has 0 amide bonds. The number of aromatic nitrogens is 2. The molecule has 0 atom stereocenters.